The molecular weight excluding hydrogens is 308 g/mol. The lowest BCUT2D eigenvalue weighted by molar-refractivity contribution is -0.156. The van der Waals surface area contributed by atoms with Gasteiger partial charge in [0.15, 0.2) is 0 Å². The molecule has 0 radical (unpaired) electrons. The van der Waals surface area contributed by atoms with Crippen LogP contribution in [0.2, 0.25) is 0 Å². The molecule has 4 N–H and O–H groups in total. The fraction of sp³-hybridized carbons (Fsp3) is 0.556. The van der Waals surface area contributed by atoms with Crippen LogP contribution in [0, 0.1) is 0 Å². The Kier molecular flexibility index (Phi) is 7.88. The van der Waals surface area contributed by atoms with Crippen molar-refractivity contribution in [3.8, 4) is 0 Å². The Balaban J connectivity index is 2.26. The van der Waals surface area contributed by atoms with E-state index < -0.39 is 29.6 Å². The second-order valence-corrected chi connectivity index (χ2v) is 6.77. The highest BCUT2D eigenvalue weighted by Gasteiger charge is 2.22. The van der Waals surface area contributed by atoms with Crippen molar-refractivity contribution in [3.63, 3.8) is 0 Å². The highest BCUT2D eigenvalue weighted by atomic mass is 16.6. The monoisotopic (exact) mass is 336 g/mol. The highest BCUT2D eigenvalue weighted by Crippen LogP contribution is 2.11. The van der Waals surface area contributed by atoms with Crippen LogP contribution in [0.15, 0.2) is 30.3 Å². The molecule has 24 heavy (non-hydrogen) atoms. The maximum atomic E-state index is 11.8. The Morgan fingerprint density at radius 3 is 2.08 bits per heavy atom. The number of ether oxygens (including phenoxy) is 2. The summed E-state index contributed by atoms with van der Waals surface area (Å²) in [7, 11) is 0. The van der Waals surface area contributed by atoms with Gasteiger partial charge in [-0.15, -0.1) is 0 Å². The molecule has 6 heteroatoms. The molecule has 0 heterocycles. The van der Waals surface area contributed by atoms with Gasteiger partial charge in [-0.1, -0.05) is 30.3 Å². The first kappa shape index (κ1) is 20.1. The summed E-state index contributed by atoms with van der Waals surface area (Å²) in [5.74, 6) is -0.896. The standard InChI is InChI=1S/C18H28N2O4/c1-18(2,3)24-17(22)15(20)11-7-10-14(19)16(21)23-12-13-8-5-4-6-9-13/h4-6,8-9,14-15H,7,10-12,19-20H2,1-3H3/t14-,15?/m0/s1. The molecule has 1 aromatic rings. The van der Waals surface area contributed by atoms with Crippen LogP contribution >= 0.6 is 0 Å². The lowest BCUT2D eigenvalue weighted by Crippen LogP contribution is -2.38. The molecule has 0 aromatic heterocycles. The largest absolute Gasteiger partial charge is 0.460 e. The van der Waals surface area contributed by atoms with Crippen LogP contribution in [0.1, 0.15) is 45.6 Å². The number of rotatable bonds is 8. The molecule has 1 unspecified atom stereocenters. The molecule has 0 aliphatic rings. The Hall–Kier alpha value is -1.92. The number of esters is 2. The summed E-state index contributed by atoms with van der Waals surface area (Å²) in [6.07, 6.45) is 1.36. The second-order valence-electron chi connectivity index (χ2n) is 6.77. The van der Waals surface area contributed by atoms with Gasteiger partial charge in [0, 0.05) is 0 Å². The van der Waals surface area contributed by atoms with Gasteiger partial charge >= 0.3 is 11.9 Å². The molecule has 1 rings (SSSR count). The van der Waals surface area contributed by atoms with Crippen molar-refractivity contribution in [1.82, 2.24) is 0 Å². The van der Waals surface area contributed by atoms with Gasteiger partial charge in [0.2, 0.25) is 0 Å². The van der Waals surface area contributed by atoms with Crippen molar-refractivity contribution in [3.05, 3.63) is 35.9 Å². The Morgan fingerprint density at radius 2 is 1.54 bits per heavy atom. The van der Waals surface area contributed by atoms with E-state index in [0.29, 0.717) is 19.3 Å². The fourth-order valence-corrected chi connectivity index (χ4v) is 2.01. The number of benzene rings is 1. The molecule has 6 nitrogen and oxygen atoms in total. The molecule has 0 aliphatic carbocycles. The van der Waals surface area contributed by atoms with E-state index in [2.05, 4.69) is 0 Å². The topological polar surface area (TPSA) is 105 Å². The van der Waals surface area contributed by atoms with Crippen molar-refractivity contribution in [2.75, 3.05) is 0 Å². The van der Waals surface area contributed by atoms with Gasteiger partial charge in [-0.05, 0) is 45.6 Å². The van der Waals surface area contributed by atoms with Crippen molar-refractivity contribution in [2.24, 2.45) is 11.5 Å². The number of nitrogens with two attached hydrogens (primary N) is 2. The van der Waals surface area contributed by atoms with Crippen LogP contribution in [-0.4, -0.2) is 29.6 Å². The molecule has 134 valence electrons. The number of hydrogen-bond acceptors (Lipinski definition) is 6. The van der Waals surface area contributed by atoms with E-state index in [1.807, 2.05) is 30.3 Å². The molecule has 1 aromatic carbocycles. The summed E-state index contributed by atoms with van der Waals surface area (Å²) in [5.41, 5.74) is 11.9. The van der Waals surface area contributed by atoms with Gasteiger partial charge < -0.3 is 20.9 Å². The van der Waals surface area contributed by atoms with Gasteiger partial charge in [-0.3, -0.25) is 9.59 Å². The Morgan fingerprint density at radius 1 is 1.00 bits per heavy atom. The minimum Gasteiger partial charge on any atom is -0.460 e. The van der Waals surface area contributed by atoms with Gasteiger partial charge in [-0.25, -0.2) is 0 Å². The Labute approximate surface area is 143 Å². The molecule has 0 saturated carbocycles. The second kappa shape index (κ2) is 9.39. The third-order valence-electron chi connectivity index (χ3n) is 3.27. The van der Waals surface area contributed by atoms with Crippen LogP contribution < -0.4 is 11.5 Å². The van der Waals surface area contributed by atoms with Crippen molar-refractivity contribution in [2.45, 2.75) is 64.3 Å². The summed E-state index contributed by atoms with van der Waals surface area (Å²) in [6, 6.07) is 7.96. The van der Waals surface area contributed by atoms with E-state index in [1.54, 1.807) is 20.8 Å². The molecule has 2 atom stereocenters. The van der Waals surface area contributed by atoms with Gasteiger partial charge in [0.05, 0.1) is 0 Å². The Bertz CT molecular complexity index is 526. The number of hydrogen-bond donors (Lipinski definition) is 2. The molecule has 0 saturated heterocycles. The summed E-state index contributed by atoms with van der Waals surface area (Å²) in [4.78, 5) is 23.6. The summed E-state index contributed by atoms with van der Waals surface area (Å²) >= 11 is 0. The summed E-state index contributed by atoms with van der Waals surface area (Å²) in [5, 5.41) is 0. The molecule has 0 aliphatic heterocycles. The van der Waals surface area contributed by atoms with Crippen LogP contribution in [0.3, 0.4) is 0 Å². The summed E-state index contributed by atoms with van der Waals surface area (Å²) < 4.78 is 10.4. The van der Waals surface area contributed by atoms with Gasteiger partial charge in [0.25, 0.3) is 0 Å². The molecule has 0 fully saturated rings. The number of carbonyl (C=O) groups is 2. The van der Waals surface area contributed by atoms with Crippen LogP contribution in [0.4, 0.5) is 0 Å². The molecule has 0 bridgehead atoms. The van der Waals surface area contributed by atoms with E-state index in [0.717, 1.165) is 5.56 Å². The maximum Gasteiger partial charge on any atom is 0.323 e. The highest BCUT2D eigenvalue weighted by molar-refractivity contribution is 5.76. The normalized spacial score (nSPS) is 13.9. The minimum absolute atomic E-state index is 0.199. The zero-order chi connectivity index (χ0) is 18.2. The zero-order valence-electron chi connectivity index (χ0n) is 14.7. The first-order valence-corrected chi connectivity index (χ1v) is 8.13. The van der Waals surface area contributed by atoms with Crippen LogP contribution in [0.5, 0.6) is 0 Å². The predicted molar refractivity (Wildman–Crippen MR) is 91.9 cm³/mol. The third-order valence-corrected chi connectivity index (χ3v) is 3.27. The van der Waals surface area contributed by atoms with Crippen LogP contribution in [-0.2, 0) is 25.7 Å². The fourth-order valence-electron chi connectivity index (χ4n) is 2.01. The molecular formula is C18H28N2O4. The van der Waals surface area contributed by atoms with E-state index in [-0.39, 0.29) is 6.61 Å². The van der Waals surface area contributed by atoms with Crippen molar-refractivity contribution in [1.29, 1.82) is 0 Å². The lowest BCUT2D eigenvalue weighted by atomic mass is 10.1. The first-order valence-electron chi connectivity index (χ1n) is 8.13. The molecule has 0 amide bonds. The van der Waals surface area contributed by atoms with Gasteiger partial charge in [-0.2, -0.15) is 0 Å². The summed E-state index contributed by atoms with van der Waals surface area (Å²) in [6.45, 7) is 5.56. The first-order chi connectivity index (χ1) is 11.2. The lowest BCUT2D eigenvalue weighted by Gasteiger charge is -2.22. The van der Waals surface area contributed by atoms with Crippen LogP contribution in [0.25, 0.3) is 0 Å². The van der Waals surface area contributed by atoms with E-state index >= 15 is 0 Å². The smallest absolute Gasteiger partial charge is 0.323 e. The molecule has 0 spiro atoms. The van der Waals surface area contributed by atoms with Gasteiger partial charge in [0.1, 0.15) is 24.3 Å². The van der Waals surface area contributed by atoms with Crippen molar-refractivity contribution >= 4 is 11.9 Å². The quantitative estimate of drug-likeness (QED) is 0.703. The average Bonchev–Trinajstić information content (AvgIpc) is 2.51. The predicted octanol–water partition coefficient (Wildman–Crippen LogP) is 1.90. The van der Waals surface area contributed by atoms with Crippen molar-refractivity contribution < 1.29 is 19.1 Å². The average molecular weight is 336 g/mol. The zero-order valence-corrected chi connectivity index (χ0v) is 14.7. The minimum atomic E-state index is -0.723. The third kappa shape index (κ3) is 8.08. The SMILES string of the molecule is CC(C)(C)OC(=O)C(N)CCC[C@H](N)C(=O)OCc1ccccc1. The van der Waals surface area contributed by atoms with E-state index in [9.17, 15) is 9.59 Å². The van der Waals surface area contributed by atoms with E-state index in [1.165, 1.54) is 0 Å². The number of carbonyl (C=O) groups excluding carboxylic acids is 2. The maximum absolute atomic E-state index is 11.8. The van der Waals surface area contributed by atoms with E-state index in [4.69, 9.17) is 20.9 Å².